The second-order valence-corrected chi connectivity index (χ2v) is 3.19. The zero-order valence-electron chi connectivity index (χ0n) is 7.28. The molecule has 0 N–H and O–H groups in total. The third kappa shape index (κ3) is 3.04. The van der Waals surface area contributed by atoms with Crippen molar-refractivity contribution < 1.29 is 26.3 Å². The topological polar surface area (TPSA) is 0 Å². The van der Waals surface area contributed by atoms with Crippen molar-refractivity contribution in [3.63, 3.8) is 0 Å². The van der Waals surface area contributed by atoms with Crippen LogP contribution in [0.2, 0.25) is 0 Å². The average molecular weight is 226 g/mol. The highest BCUT2D eigenvalue weighted by Gasteiger charge is 2.44. The number of rotatable bonds is 0. The minimum absolute atomic E-state index is 0.504. The summed E-state index contributed by atoms with van der Waals surface area (Å²) >= 11 is 0. The SMILES string of the molecule is [B]C1=CC(C(F)(F)F)CC(C(F)(F)F)=C1. The van der Waals surface area contributed by atoms with Gasteiger partial charge in [0, 0.05) is 5.57 Å². The Morgan fingerprint density at radius 2 is 1.67 bits per heavy atom. The zero-order chi connectivity index (χ0) is 11.9. The van der Waals surface area contributed by atoms with E-state index >= 15 is 0 Å². The van der Waals surface area contributed by atoms with Crippen LogP contribution >= 0.6 is 0 Å². The van der Waals surface area contributed by atoms with Crippen LogP contribution in [0, 0.1) is 5.92 Å². The maximum Gasteiger partial charge on any atom is 0.412 e. The molecule has 1 aliphatic rings. The zero-order valence-corrected chi connectivity index (χ0v) is 7.28. The molecule has 82 valence electrons. The summed E-state index contributed by atoms with van der Waals surface area (Å²) in [5, 5.41) is 0. The highest BCUT2D eigenvalue weighted by molar-refractivity contribution is 6.23. The van der Waals surface area contributed by atoms with Gasteiger partial charge in [0.25, 0.3) is 0 Å². The van der Waals surface area contributed by atoms with Crippen LogP contribution in [-0.2, 0) is 0 Å². The van der Waals surface area contributed by atoms with E-state index in [1.807, 2.05) is 0 Å². The van der Waals surface area contributed by atoms with Crippen molar-refractivity contribution in [3.8, 4) is 0 Å². The number of allylic oxidation sites excluding steroid dienone is 4. The van der Waals surface area contributed by atoms with E-state index in [9.17, 15) is 26.3 Å². The molecule has 0 aromatic rings. The lowest BCUT2D eigenvalue weighted by molar-refractivity contribution is -0.165. The van der Waals surface area contributed by atoms with Gasteiger partial charge in [-0.15, -0.1) is 0 Å². The molecule has 7 heteroatoms. The normalized spacial score (nSPS) is 23.5. The van der Waals surface area contributed by atoms with Gasteiger partial charge in [0.2, 0.25) is 0 Å². The Kier molecular flexibility index (Phi) is 2.93. The standard InChI is InChI=1S/C8H5BF6/c9-6-2-4(7(10,11)12)1-5(3-6)8(13,14)15/h2-4H,1H2. The lowest BCUT2D eigenvalue weighted by Crippen LogP contribution is -2.27. The van der Waals surface area contributed by atoms with Crippen molar-refractivity contribution in [1.29, 1.82) is 0 Å². The molecule has 0 saturated carbocycles. The monoisotopic (exact) mass is 226 g/mol. The largest absolute Gasteiger partial charge is 0.412 e. The van der Waals surface area contributed by atoms with Crippen LogP contribution in [0.3, 0.4) is 0 Å². The van der Waals surface area contributed by atoms with Crippen molar-refractivity contribution in [2.45, 2.75) is 18.8 Å². The van der Waals surface area contributed by atoms with E-state index < -0.39 is 35.7 Å². The molecule has 0 aliphatic heterocycles. The minimum Gasteiger partial charge on any atom is -0.170 e. The molecule has 0 nitrogen and oxygen atoms in total. The predicted molar refractivity (Wildman–Crippen MR) is 42.1 cm³/mol. The quantitative estimate of drug-likeness (QED) is 0.439. The summed E-state index contributed by atoms with van der Waals surface area (Å²) in [7, 11) is 4.99. The number of hydrogen-bond donors (Lipinski definition) is 0. The maximum atomic E-state index is 12.2. The molecular weight excluding hydrogens is 221 g/mol. The van der Waals surface area contributed by atoms with Gasteiger partial charge in [0.15, 0.2) is 0 Å². The van der Waals surface area contributed by atoms with E-state index in [2.05, 4.69) is 0 Å². The molecule has 1 unspecified atom stereocenters. The van der Waals surface area contributed by atoms with Crippen LogP contribution in [0.4, 0.5) is 26.3 Å². The van der Waals surface area contributed by atoms with E-state index in [-0.39, 0.29) is 0 Å². The Labute approximate surface area is 83.1 Å². The van der Waals surface area contributed by atoms with Crippen LogP contribution in [0.25, 0.3) is 0 Å². The third-order valence-corrected chi connectivity index (χ3v) is 1.96. The first-order chi connectivity index (χ1) is 6.60. The molecule has 0 bridgehead atoms. The van der Waals surface area contributed by atoms with Crippen LogP contribution in [-0.4, -0.2) is 20.2 Å². The molecule has 1 rings (SSSR count). The van der Waals surface area contributed by atoms with Crippen molar-refractivity contribution in [1.82, 2.24) is 0 Å². The second kappa shape index (κ2) is 3.61. The number of halogens is 6. The van der Waals surface area contributed by atoms with E-state index in [0.29, 0.717) is 12.2 Å². The molecule has 0 aromatic heterocycles. The second-order valence-electron chi connectivity index (χ2n) is 3.19. The van der Waals surface area contributed by atoms with Crippen LogP contribution in [0.15, 0.2) is 23.2 Å². The minimum atomic E-state index is -4.76. The smallest absolute Gasteiger partial charge is 0.170 e. The van der Waals surface area contributed by atoms with Crippen molar-refractivity contribution in [2.75, 3.05) is 0 Å². The highest BCUT2D eigenvalue weighted by atomic mass is 19.4. The average Bonchev–Trinajstić information content (AvgIpc) is 1.99. The first-order valence-electron chi connectivity index (χ1n) is 3.92. The van der Waals surface area contributed by atoms with Crippen molar-refractivity contribution in [2.24, 2.45) is 5.92 Å². The summed E-state index contributed by atoms with van der Waals surface area (Å²) in [6.07, 6.45) is -9.44. The molecule has 0 heterocycles. The molecule has 0 aromatic carbocycles. The van der Waals surface area contributed by atoms with E-state index in [1.165, 1.54) is 0 Å². The predicted octanol–water partition coefficient (Wildman–Crippen LogP) is 3.11. The fourth-order valence-corrected chi connectivity index (χ4v) is 1.24. The van der Waals surface area contributed by atoms with Gasteiger partial charge in [-0.3, -0.25) is 0 Å². The summed E-state index contributed by atoms with van der Waals surface area (Å²) < 4.78 is 73.0. The lowest BCUT2D eigenvalue weighted by atomic mass is 9.81. The third-order valence-electron chi connectivity index (χ3n) is 1.96. The molecule has 0 saturated heterocycles. The summed E-state index contributed by atoms with van der Waals surface area (Å²) in [5.74, 6) is -2.15. The fraction of sp³-hybridized carbons (Fsp3) is 0.500. The molecule has 0 spiro atoms. The Balaban J connectivity index is 2.96. The Hall–Kier alpha value is -0.875. The number of alkyl halides is 6. The van der Waals surface area contributed by atoms with Crippen molar-refractivity contribution in [3.05, 3.63) is 23.2 Å². The van der Waals surface area contributed by atoms with Gasteiger partial charge in [-0.05, 0) is 6.42 Å². The summed E-state index contributed by atoms with van der Waals surface area (Å²) in [6, 6.07) is 0. The summed E-state index contributed by atoms with van der Waals surface area (Å²) in [6.45, 7) is 0. The highest BCUT2D eigenvalue weighted by Crippen LogP contribution is 2.40. The van der Waals surface area contributed by atoms with E-state index in [0.717, 1.165) is 0 Å². The molecule has 0 amide bonds. The first-order valence-corrected chi connectivity index (χ1v) is 3.92. The molecule has 1 aliphatic carbocycles. The van der Waals surface area contributed by atoms with Gasteiger partial charge in [0.05, 0.1) is 5.92 Å². The van der Waals surface area contributed by atoms with E-state index in [4.69, 9.17) is 7.85 Å². The van der Waals surface area contributed by atoms with E-state index in [1.54, 1.807) is 0 Å². The summed E-state index contributed by atoms with van der Waals surface area (Å²) in [4.78, 5) is 0. The van der Waals surface area contributed by atoms with Crippen LogP contribution in [0.1, 0.15) is 6.42 Å². The molecular formula is C8H5BF6. The van der Waals surface area contributed by atoms with Gasteiger partial charge >= 0.3 is 12.4 Å². The molecule has 0 fully saturated rings. The summed E-state index contributed by atoms with van der Waals surface area (Å²) in [5.41, 5.74) is -1.75. The van der Waals surface area contributed by atoms with Gasteiger partial charge < -0.3 is 0 Å². The van der Waals surface area contributed by atoms with Gasteiger partial charge in [-0.1, -0.05) is 17.6 Å². The Bertz CT molecular complexity index is 308. The molecule has 2 radical (unpaired) electrons. The Morgan fingerprint density at radius 3 is 2.07 bits per heavy atom. The Morgan fingerprint density at radius 1 is 1.13 bits per heavy atom. The van der Waals surface area contributed by atoms with Gasteiger partial charge in [-0.2, -0.15) is 26.3 Å². The molecule has 1 atom stereocenters. The molecule has 15 heavy (non-hydrogen) atoms. The fourth-order valence-electron chi connectivity index (χ4n) is 1.24. The number of hydrogen-bond acceptors (Lipinski definition) is 0. The van der Waals surface area contributed by atoms with Crippen LogP contribution < -0.4 is 0 Å². The lowest BCUT2D eigenvalue weighted by Gasteiger charge is -2.24. The van der Waals surface area contributed by atoms with Gasteiger partial charge in [0.1, 0.15) is 7.85 Å². The maximum absolute atomic E-state index is 12.2. The van der Waals surface area contributed by atoms with Gasteiger partial charge in [-0.25, -0.2) is 0 Å². The van der Waals surface area contributed by atoms with Crippen LogP contribution in [0.5, 0.6) is 0 Å². The van der Waals surface area contributed by atoms with Crippen molar-refractivity contribution >= 4 is 7.85 Å². The first kappa shape index (κ1) is 12.2.